The van der Waals surface area contributed by atoms with E-state index in [1.54, 1.807) is 24.3 Å². The van der Waals surface area contributed by atoms with Gasteiger partial charge in [0.25, 0.3) is 0 Å². The monoisotopic (exact) mass is 435 g/mol. The summed E-state index contributed by atoms with van der Waals surface area (Å²) in [4.78, 5) is 10.7. The van der Waals surface area contributed by atoms with Crippen LogP contribution in [0, 0.1) is 23.0 Å². The minimum Gasteiger partial charge on any atom is -0.367 e. The lowest BCUT2D eigenvalue weighted by Gasteiger charge is -2.31. The van der Waals surface area contributed by atoms with Crippen LogP contribution in [0.1, 0.15) is 5.56 Å². The van der Waals surface area contributed by atoms with Crippen molar-refractivity contribution >= 4 is 39.0 Å². The van der Waals surface area contributed by atoms with E-state index in [9.17, 15) is 9.65 Å². The molecular formula is C23H16ClF2N5. The van der Waals surface area contributed by atoms with Gasteiger partial charge < -0.3 is 10.2 Å². The second-order valence-corrected chi connectivity index (χ2v) is 7.70. The lowest BCUT2D eigenvalue weighted by atomic mass is 10.00. The number of hydrogen-bond donors (Lipinski definition) is 1. The van der Waals surface area contributed by atoms with Crippen LogP contribution in [0.3, 0.4) is 0 Å². The van der Waals surface area contributed by atoms with Crippen LogP contribution in [-0.4, -0.2) is 36.1 Å². The van der Waals surface area contributed by atoms with Crippen molar-refractivity contribution < 1.29 is 8.78 Å². The normalized spacial score (nSPS) is 14.2. The first-order valence-corrected chi connectivity index (χ1v) is 10.2. The predicted octanol–water partition coefficient (Wildman–Crippen LogP) is 4.66. The SMILES string of the molecule is N#Cc1cnc2c(F)c(-c3cccc4ccc(F)c(Cl)c34)ncc2c1N1CCNCC1. The van der Waals surface area contributed by atoms with Gasteiger partial charge in [-0.2, -0.15) is 5.26 Å². The number of benzene rings is 2. The second kappa shape index (κ2) is 7.73. The molecule has 0 aliphatic carbocycles. The molecule has 0 atom stereocenters. The molecule has 0 amide bonds. The fraction of sp³-hybridized carbons (Fsp3) is 0.174. The van der Waals surface area contributed by atoms with E-state index in [0.717, 1.165) is 13.1 Å². The van der Waals surface area contributed by atoms with Gasteiger partial charge in [-0.25, -0.2) is 8.78 Å². The molecule has 31 heavy (non-hydrogen) atoms. The fourth-order valence-corrected chi connectivity index (χ4v) is 4.39. The minimum absolute atomic E-state index is 0.0362. The van der Waals surface area contributed by atoms with E-state index >= 15 is 4.39 Å². The van der Waals surface area contributed by atoms with Gasteiger partial charge in [-0.3, -0.25) is 9.97 Å². The molecule has 1 saturated heterocycles. The third-order valence-electron chi connectivity index (χ3n) is 5.57. The second-order valence-electron chi connectivity index (χ2n) is 7.32. The molecule has 154 valence electrons. The lowest BCUT2D eigenvalue weighted by Crippen LogP contribution is -2.44. The highest BCUT2D eigenvalue weighted by molar-refractivity contribution is 6.36. The summed E-state index contributed by atoms with van der Waals surface area (Å²) in [6, 6.07) is 10.2. The largest absolute Gasteiger partial charge is 0.367 e. The summed E-state index contributed by atoms with van der Waals surface area (Å²) in [5.41, 5.74) is 1.54. The Hall–Kier alpha value is -3.34. The number of pyridine rings is 2. The van der Waals surface area contributed by atoms with E-state index in [-0.39, 0.29) is 16.2 Å². The van der Waals surface area contributed by atoms with E-state index in [1.165, 1.54) is 18.5 Å². The molecule has 0 saturated carbocycles. The number of aromatic nitrogens is 2. The van der Waals surface area contributed by atoms with E-state index in [4.69, 9.17) is 11.6 Å². The topological polar surface area (TPSA) is 64.8 Å². The number of hydrogen-bond acceptors (Lipinski definition) is 5. The third-order valence-corrected chi connectivity index (χ3v) is 5.94. The summed E-state index contributed by atoms with van der Waals surface area (Å²) in [6.45, 7) is 2.91. The molecule has 0 radical (unpaired) electrons. The summed E-state index contributed by atoms with van der Waals surface area (Å²) in [5.74, 6) is -1.22. The quantitative estimate of drug-likeness (QED) is 0.496. The van der Waals surface area contributed by atoms with Gasteiger partial charge in [0.05, 0.1) is 16.3 Å². The smallest absolute Gasteiger partial charge is 0.175 e. The molecule has 1 N–H and O–H groups in total. The Morgan fingerprint density at radius 3 is 2.65 bits per heavy atom. The van der Waals surface area contributed by atoms with Gasteiger partial charge in [0.15, 0.2) is 5.82 Å². The molecule has 1 aliphatic rings. The molecule has 1 aliphatic heterocycles. The van der Waals surface area contributed by atoms with Crippen LogP contribution in [0.5, 0.6) is 0 Å². The zero-order valence-corrected chi connectivity index (χ0v) is 17.0. The van der Waals surface area contributed by atoms with E-state index in [0.29, 0.717) is 46.1 Å². The highest BCUT2D eigenvalue weighted by atomic mass is 35.5. The average molecular weight is 436 g/mol. The molecule has 5 nitrogen and oxygen atoms in total. The first-order chi connectivity index (χ1) is 15.1. The Morgan fingerprint density at radius 2 is 1.87 bits per heavy atom. The number of nitriles is 1. The first kappa shape index (κ1) is 19.6. The number of piperazine rings is 1. The molecule has 2 aromatic heterocycles. The van der Waals surface area contributed by atoms with Crippen LogP contribution in [0.15, 0.2) is 42.7 Å². The molecule has 4 aromatic rings. The number of rotatable bonds is 2. The molecular weight excluding hydrogens is 420 g/mol. The number of anilines is 1. The van der Waals surface area contributed by atoms with Crippen LogP contribution >= 0.6 is 11.6 Å². The van der Waals surface area contributed by atoms with Crippen LogP contribution < -0.4 is 10.2 Å². The fourth-order valence-electron chi connectivity index (χ4n) is 4.12. The Kier molecular flexibility index (Phi) is 4.89. The van der Waals surface area contributed by atoms with E-state index in [1.807, 2.05) is 4.90 Å². The molecule has 5 rings (SSSR count). The van der Waals surface area contributed by atoms with Gasteiger partial charge >= 0.3 is 0 Å². The van der Waals surface area contributed by atoms with Crippen LogP contribution in [0.2, 0.25) is 5.02 Å². The zero-order chi connectivity index (χ0) is 21.5. The molecule has 3 heterocycles. The van der Waals surface area contributed by atoms with Crippen LogP contribution in [0.4, 0.5) is 14.5 Å². The van der Waals surface area contributed by atoms with Crippen molar-refractivity contribution in [3.63, 3.8) is 0 Å². The Morgan fingerprint density at radius 1 is 1.06 bits per heavy atom. The molecule has 0 unspecified atom stereocenters. The molecule has 1 fully saturated rings. The predicted molar refractivity (Wildman–Crippen MR) is 117 cm³/mol. The number of nitrogens with zero attached hydrogens (tertiary/aromatic N) is 4. The van der Waals surface area contributed by atoms with Crippen molar-refractivity contribution in [3.05, 3.63) is 64.9 Å². The van der Waals surface area contributed by atoms with Crippen molar-refractivity contribution in [2.75, 3.05) is 31.1 Å². The minimum atomic E-state index is -0.633. The van der Waals surface area contributed by atoms with Crippen molar-refractivity contribution in [1.29, 1.82) is 5.26 Å². The maximum absolute atomic E-state index is 15.7. The van der Waals surface area contributed by atoms with Gasteiger partial charge in [-0.1, -0.05) is 35.9 Å². The van der Waals surface area contributed by atoms with Gasteiger partial charge in [0, 0.05) is 54.9 Å². The van der Waals surface area contributed by atoms with Gasteiger partial charge in [-0.15, -0.1) is 0 Å². The highest BCUT2D eigenvalue weighted by Crippen LogP contribution is 2.38. The standard InChI is InChI=1S/C23H16ClF2N5/c24-19-17(25)5-4-13-2-1-3-15(18(13)19)21-20(26)22-16(12-30-21)23(14(10-27)11-29-22)31-8-6-28-7-9-31/h1-5,11-12,28H,6-9H2. The Balaban J connectivity index is 1.77. The summed E-state index contributed by atoms with van der Waals surface area (Å²) in [5, 5.41) is 14.3. The maximum Gasteiger partial charge on any atom is 0.175 e. The molecule has 2 aromatic carbocycles. The van der Waals surface area contributed by atoms with Crippen molar-refractivity contribution in [2.24, 2.45) is 0 Å². The summed E-state index contributed by atoms with van der Waals surface area (Å²) >= 11 is 6.23. The number of fused-ring (bicyclic) bond motifs is 2. The van der Waals surface area contributed by atoms with Crippen molar-refractivity contribution in [2.45, 2.75) is 0 Å². The summed E-state index contributed by atoms with van der Waals surface area (Å²) in [7, 11) is 0. The number of nitrogens with one attached hydrogen (secondary N) is 1. The van der Waals surface area contributed by atoms with Gasteiger partial charge in [-0.05, 0) is 11.5 Å². The van der Waals surface area contributed by atoms with Gasteiger partial charge in [0.1, 0.15) is 23.1 Å². The van der Waals surface area contributed by atoms with E-state index < -0.39 is 11.6 Å². The van der Waals surface area contributed by atoms with Crippen molar-refractivity contribution in [3.8, 4) is 17.3 Å². The zero-order valence-electron chi connectivity index (χ0n) is 16.3. The summed E-state index contributed by atoms with van der Waals surface area (Å²) < 4.78 is 29.9. The molecule has 8 heteroatoms. The van der Waals surface area contributed by atoms with Crippen LogP contribution in [0.25, 0.3) is 32.9 Å². The lowest BCUT2D eigenvalue weighted by molar-refractivity contribution is 0.589. The number of halogens is 3. The highest BCUT2D eigenvalue weighted by Gasteiger charge is 2.23. The Bertz CT molecular complexity index is 1380. The van der Waals surface area contributed by atoms with Gasteiger partial charge in [0.2, 0.25) is 0 Å². The molecule has 0 spiro atoms. The Labute approximate surface area is 181 Å². The maximum atomic E-state index is 15.7. The third kappa shape index (κ3) is 3.16. The van der Waals surface area contributed by atoms with Crippen LogP contribution in [-0.2, 0) is 0 Å². The van der Waals surface area contributed by atoms with E-state index in [2.05, 4.69) is 21.4 Å². The first-order valence-electron chi connectivity index (χ1n) is 9.80. The van der Waals surface area contributed by atoms with Crippen molar-refractivity contribution in [1.82, 2.24) is 15.3 Å². The summed E-state index contributed by atoms with van der Waals surface area (Å²) in [6.07, 6.45) is 2.92. The average Bonchev–Trinajstić information content (AvgIpc) is 2.81. The molecule has 0 bridgehead atoms.